The maximum Gasteiger partial charge on any atom is 0.233 e. The molecule has 0 amide bonds. The van der Waals surface area contributed by atoms with Gasteiger partial charge in [0.15, 0.2) is 0 Å². The number of aliphatic hydroxyl groups is 1. The highest BCUT2D eigenvalue weighted by Crippen LogP contribution is 2.04. The molecule has 0 spiro atoms. The van der Waals surface area contributed by atoms with Gasteiger partial charge in [0.1, 0.15) is 6.61 Å². The van der Waals surface area contributed by atoms with Gasteiger partial charge in [0.05, 0.1) is 18.9 Å². The first kappa shape index (κ1) is 9.88. The monoisotopic (exact) mass is 184 g/mol. The van der Waals surface area contributed by atoms with E-state index in [2.05, 4.69) is 10.2 Å². The van der Waals surface area contributed by atoms with Crippen LogP contribution in [0.2, 0.25) is 0 Å². The predicted molar refractivity (Wildman–Crippen MR) is 45.3 cm³/mol. The summed E-state index contributed by atoms with van der Waals surface area (Å²) in [4.78, 5) is 0. The molecule has 1 aromatic heterocycles. The van der Waals surface area contributed by atoms with Crippen LogP contribution in [-0.4, -0.2) is 35.6 Å². The average molecular weight is 184 g/mol. The number of rotatable bonds is 5. The third-order valence-corrected chi connectivity index (χ3v) is 1.39. The summed E-state index contributed by atoms with van der Waals surface area (Å²) in [5.74, 6) is 0.439. The van der Waals surface area contributed by atoms with E-state index < -0.39 is 0 Å². The van der Waals surface area contributed by atoms with Crippen molar-refractivity contribution in [2.75, 3.05) is 20.3 Å². The minimum atomic E-state index is -0.106. The molecule has 0 aliphatic rings. The van der Waals surface area contributed by atoms with Crippen LogP contribution >= 0.6 is 0 Å². The standard InChI is InChI=1S/C8H12N2O3/c1-12-4-5-13-8-3-2-7(6-11)9-10-8/h2-3,11H,4-6H2,1H3. The molecule has 0 saturated carbocycles. The summed E-state index contributed by atoms with van der Waals surface area (Å²) in [5.41, 5.74) is 0.527. The van der Waals surface area contributed by atoms with Gasteiger partial charge in [-0.25, -0.2) is 0 Å². The molecule has 0 saturated heterocycles. The SMILES string of the molecule is COCCOc1ccc(CO)nn1. The lowest BCUT2D eigenvalue weighted by Crippen LogP contribution is -2.06. The van der Waals surface area contributed by atoms with Crippen LogP contribution in [0.4, 0.5) is 0 Å². The molecule has 5 nitrogen and oxygen atoms in total. The molecular weight excluding hydrogens is 172 g/mol. The fraction of sp³-hybridized carbons (Fsp3) is 0.500. The van der Waals surface area contributed by atoms with Crippen LogP contribution in [0.15, 0.2) is 12.1 Å². The summed E-state index contributed by atoms with van der Waals surface area (Å²) in [5, 5.41) is 16.1. The third-order valence-electron chi connectivity index (χ3n) is 1.39. The van der Waals surface area contributed by atoms with Crippen LogP contribution in [0.3, 0.4) is 0 Å². The summed E-state index contributed by atoms with van der Waals surface area (Å²) in [6, 6.07) is 3.32. The van der Waals surface area contributed by atoms with Crippen LogP contribution < -0.4 is 4.74 Å². The molecule has 1 N–H and O–H groups in total. The molecule has 1 rings (SSSR count). The molecule has 0 bridgehead atoms. The number of aliphatic hydroxyl groups excluding tert-OH is 1. The van der Waals surface area contributed by atoms with E-state index in [1.807, 2.05) is 0 Å². The summed E-state index contributed by atoms with van der Waals surface area (Å²) in [6.45, 7) is 0.860. The Morgan fingerprint density at radius 3 is 2.69 bits per heavy atom. The number of ether oxygens (including phenoxy) is 2. The molecule has 0 aliphatic carbocycles. The lowest BCUT2D eigenvalue weighted by Gasteiger charge is -2.03. The van der Waals surface area contributed by atoms with Gasteiger partial charge in [-0.2, -0.15) is 0 Å². The van der Waals surface area contributed by atoms with Gasteiger partial charge in [-0.3, -0.25) is 0 Å². The number of nitrogens with zero attached hydrogens (tertiary/aromatic N) is 2. The minimum Gasteiger partial charge on any atom is -0.474 e. The third kappa shape index (κ3) is 3.35. The Bertz CT molecular complexity index is 238. The van der Waals surface area contributed by atoms with Crippen LogP contribution in [-0.2, 0) is 11.3 Å². The van der Waals surface area contributed by atoms with Crippen molar-refractivity contribution in [3.8, 4) is 5.88 Å². The Balaban J connectivity index is 2.40. The van der Waals surface area contributed by atoms with Gasteiger partial charge in [0.25, 0.3) is 0 Å². The van der Waals surface area contributed by atoms with E-state index in [4.69, 9.17) is 14.6 Å². The lowest BCUT2D eigenvalue weighted by molar-refractivity contribution is 0.143. The summed E-state index contributed by atoms with van der Waals surface area (Å²) >= 11 is 0. The highest BCUT2D eigenvalue weighted by Gasteiger charge is 1.96. The smallest absolute Gasteiger partial charge is 0.233 e. The molecule has 0 atom stereocenters. The normalized spacial score (nSPS) is 10.0. The Labute approximate surface area is 76.3 Å². The van der Waals surface area contributed by atoms with Crippen molar-refractivity contribution in [3.05, 3.63) is 17.8 Å². The van der Waals surface area contributed by atoms with Gasteiger partial charge in [-0.05, 0) is 6.07 Å². The molecule has 0 unspecified atom stereocenters. The van der Waals surface area contributed by atoms with Gasteiger partial charge in [-0.1, -0.05) is 0 Å². The fourth-order valence-corrected chi connectivity index (χ4v) is 0.739. The Hall–Kier alpha value is -1.20. The zero-order valence-electron chi connectivity index (χ0n) is 7.43. The van der Waals surface area contributed by atoms with Crippen LogP contribution in [0, 0.1) is 0 Å². The number of aromatic nitrogens is 2. The Morgan fingerprint density at radius 1 is 1.31 bits per heavy atom. The molecular formula is C8H12N2O3. The lowest BCUT2D eigenvalue weighted by atomic mass is 10.4. The molecule has 0 aromatic carbocycles. The Kier molecular flexibility index (Phi) is 4.14. The van der Waals surface area contributed by atoms with Gasteiger partial charge < -0.3 is 14.6 Å². The summed E-state index contributed by atoms with van der Waals surface area (Å²) < 4.78 is 9.96. The van der Waals surface area contributed by atoms with E-state index in [0.717, 1.165) is 0 Å². The second kappa shape index (κ2) is 5.45. The van der Waals surface area contributed by atoms with Gasteiger partial charge in [-0.15, -0.1) is 10.2 Å². The number of hydrogen-bond acceptors (Lipinski definition) is 5. The largest absolute Gasteiger partial charge is 0.474 e. The molecule has 0 radical (unpaired) electrons. The van der Waals surface area contributed by atoms with Crippen molar-refractivity contribution in [3.63, 3.8) is 0 Å². The molecule has 0 aliphatic heterocycles. The quantitative estimate of drug-likeness (QED) is 0.652. The molecule has 1 aromatic rings. The highest BCUT2D eigenvalue weighted by atomic mass is 16.5. The van der Waals surface area contributed by atoms with Crippen molar-refractivity contribution in [2.45, 2.75) is 6.61 Å². The van der Waals surface area contributed by atoms with Crippen LogP contribution in [0.1, 0.15) is 5.69 Å². The summed E-state index contributed by atoms with van der Waals surface area (Å²) in [7, 11) is 1.60. The molecule has 0 fully saturated rings. The first-order valence-electron chi connectivity index (χ1n) is 3.92. The highest BCUT2D eigenvalue weighted by molar-refractivity contribution is 5.10. The van der Waals surface area contributed by atoms with Crippen molar-refractivity contribution in [1.82, 2.24) is 10.2 Å². The number of methoxy groups -OCH3 is 1. The summed E-state index contributed by atoms with van der Waals surface area (Å²) in [6.07, 6.45) is 0. The molecule has 5 heteroatoms. The van der Waals surface area contributed by atoms with Crippen LogP contribution in [0.25, 0.3) is 0 Å². The van der Waals surface area contributed by atoms with Crippen LogP contribution in [0.5, 0.6) is 5.88 Å². The predicted octanol–water partition coefficient (Wildman–Crippen LogP) is -0.00590. The molecule has 13 heavy (non-hydrogen) atoms. The van der Waals surface area contributed by atoms with Gasteiger partial charge in [0.2, 0.25) is 5.88 Å². The van der Waals surface area contributed by atoms with E-state index in [0.29, 0.717) is 24.8 Å². The second-order valence-electron chi connectivity index (χ2n) is 2.36. The topological polar surface area (TPSA) is 64.5 Å². The minimum absolute atomic E-state index is 0.106. The van der Waals surface area contributed by atoms with Crippen molar-refractivity contribution < 1.29 is 14.6 Å². The first-order chi connectivity index (χ1) is 6.36. The Morgan fingerprint density at radius 2 is 2.15 bits per heavy atom. The zero-order valence-corrected chi connectivity index (χ0v) is 7.43. The van der Waals surface area contributed by atoms with E-state index >= 15 is 0 Å². The fourth-order valence-electron chi connectivity index (χ4n) is 0.739. The maximum atomic E-state index is 8.68. The number of hydrogen-bond donors (Lipinski definition) is 1. The van der Waals surface area contributed by atoms with Gasteiger partial charge >= 0.3 is 0 Å². The average Bonchev–Trinajstić information content (AvgIpc) is 2.19. The van der Waals surface area contributed by atoms with E-state index in [-0.39, 0.29) is 6.61 Å². The maximum absolute atomic E-state index is 8.68. The molecule has 72 valence electrons. The second-order valence-corrected chi connectivity index (χ2v) is 2.36. The van der Waals surface area contributed by atoms with E-state index in [1.165, 1.54) is 0 Å². The van der Waals surface area contributed by atoms with Crippen molar-refractivity contribution in [2.24, 2.45) is 0 Å². The van der Waals surface area contributed by atoms with Crippen molar-refractivity contribution in [1.29, 1.82) is 0 Å². The van der Waals surface area contributed by atoms with E-state index in [1.54, 1.807) is 19.2 Å². The van der Waals surface area contributed by atoms with Gasteiger partial charge in [0, 0.05) is 13.2 Å². The first-order valence-corrected chi connectivity index (χ1v) is 3.92. The van der Waals surface area contributed by atoms with Crippen molar-refractivity contribution >= 4 is 0 Å². The van der Waals surface area contributed by atoms with E-state index in [9.17, 15) is 0 Å². The molecule has 1 heterocycles. The zero-order chi connectivity index (χ0) is 9.52.